The van der Waals surface area contributed by atoms with Crippen molar-refractivity contribution in [2.24, 2.45) is 11.1 Å². The van der Waals surface area contributed by atoms with Gasteiger partial charge in [0.2, 0.25) is 0 Å². The van der Waals surface area contributed by atoms with Crippen LogP contribution in [0.2, 0.25) is 0 Å². The van der Waals surface area contributed by atoms with E-state index in [1.165, 1.54) is 0 Å². The first-order valence-electron chi connectivity index (χ1n) is 4.08. The average Bonchev–Trinajstić information content (AvgIpc) is 1.97. The Morgan fingerprint density at radius 1 is 1.36 bits per heavy atom. The van der Waals surface area contributed by atoms with Gasteiger partial charge in [-0.3, -0.25) is 0 Å². The van der Waals surface area contributed by atoms with Gasteiger partial charge in [0.25, 0.3) is 0 Å². The van der Waals surface area contributed by atoms with Crippen molar-refractivity contribution >= 4 is 0 Å². The van der Waals surface area contributed by atoms with Crippen LogP contribution in [-0.4, -0.2) is 17.3 Å². The highest BCUT2D eigenvalue weighted by Gasteiger charge is 2.29. The molecule has 1 rings (SSSR count). The van der Waals surface area contributed by atoms with Crippen molar-refractivity contribution in [2.75, 3.05) is 6.61 Å². The molecule has 0 heterocycles. The molecule has 0 fully saturated rings. The predicted molar refractivity (Wildman–Crippen MR) is 46.2 cm³/mol. The molecule has 0 spiro atoms. The molecule has 0 saturated carbocycles. The van der Waals surface area contributed by atoms with Gasteiger partial charge in [-0.05, 0) is 19.8 Å². The second kappa shape index (κ2) is 2.61. The Bertz CT molecular complexity index is 174. The molecule has 11 heavy (non-hydrogen) atoms. The van der Waals surface area contributed by atoms with Gasteiger partial charge in [-0.2, -0.15) is 0 Å². The van der Waals surface area contributed by atoms with E-state index in [1.54, 1.807) is 0 Å². The predicted octanol–water partition coefficient (Wildman–Crippen LogP) is 1.05. The monoisotopic (exact) mass is 155 g/mol. The van der Waals surface area contributed by atoms with Crippen LogP contribution in [0.3, 0.4) is 0 Å². The Balaban J connectivity index is 2.70. The standard InChI is InChI=1S/C9H17NO/c1-8(7-11)3-5-9(2,10)6-4-8/h3,5,11H,4,6-7,10H2,1-2H3. The van der Waals surface area contributed by atoms with E-state index in [-0.39, 0.29) is 17.6 Å². The largest absolute Gasteiger partial charge is 0.395 e. The van der Waals surface area contributed by atoms with E-state index in [0.717, 1.165) is 12.8 Å². The molecule has 0 bridgehead atoms. The van der Waals surface area contributed by atoms with Gasteiger partial charge in [0.05, 0.1) is 6.61 Å². The number of hydrogen-bond donors (Lipinski definition) is 2. The summed E-state index contributed by atoms with van der Waals surface area (Å²) >= 11 is 0. The van der Waals surface area contributed by atoms with Crippen molar-refractivity contribution in [2.45, 2.75) is 32.2 Å². The summed E-state index contributed by atoms with van der Waals surface area (Å²) in [5.41, 5.74) is 5.70. The van der Waals surface area contributed by atoms with Crippen molar-refractivity contribution in [3.05, 3.63) is 12.2 Å². The zero-order valence-electron chi connectivity index (χ0n) is 7.30. The molecule has 0 aliphatic heterocycles. The summed E-state index contributed by atoms with van der Waals surface area (Å²) in [6, 6.07) is 0. The molecule has 2 nitrogen and oxygen atoms in total. The highest BCUT2D eigenvalue weighted by atomic mass is 16.3. The minimum Gasteiger partial charge on any atom is -0.395 e. The average molecular weight is 155 g/mol. The fraction of sp³-hybridized carbons (Fsp3) is 0.778. The fourth-order valence-corrected chi connectivity index (χ4v) is 1.24. The summed E-state index contributed by atoms with van der Waals surface area (Å²) in [6.45, 7) is 4.29. The molecule has 0 radical (unpaired) electrons. The lowest BCUT2D eigenvalue weighted by Crippen LogP contribution is -2.39. The summed E-state index contributed by atoms with van der Waals surface area (Å²) in [4.78, 5) is 0. The number of aliphatic hydroxyl groups is 1. The second-order valence-corrected chi connectivity index (χ2v) is 4.15. The van der Waals surface area contributed by atoms with E-state index in [1.807, 2.05) is 19.1 Å². The van der Waals surface area contributed by atoms with Crippen LogP contribution in [0, 0.1) is 5.41 Å². The summed E-state index contributed by atoms with van der Waals surface area (Å²) in [7, 11) is 0. The topological polar surface area (TPSA) is 46.2 Å². The van der Waals surface area contributed by atoms with Crippen LogP contribution in [0.1, 0.15) is 26.7 Å². The van der Waals surface area contributed by atoms with E-state index in [9.17, 15) is 0 Å². The Kier molecular flexibility index (Phi) is 2.08. The third kappa shape index (κ3) is 2.04. The molecule has 0 aromatic carbocycles. The first-order valence-corrected chi connectivity index (χ1v) is 4.08. The van der Waals surface area contributed by atoms with Gasteiger partial charge in [0.1, 0.15) is 0 Å². The maximum absolute atomic E-state index is 9.03. The Morgan fingerprint density at radius 3 is 2.36 bits per heavy atom. The van der Waals surface area contributed by atoms with Crippen LogP contribution in [0.4, 0.5) is 0 Å². The van der Waals surface area contributed by atoms with E-state index in [2.05, 4.69) is 6.92 Å². The van der Waals surface area contributed by atoms with Gasteiger partial charge >= 0.3 is 0 Å². The van der Waals surface area contributed by atoms with E-state index in [4.69, 9.17) is 10.8 Å². The summed E-state index contributed by atoms with van der Waals surface area (Å²) in [6.07, 6.45) is 5.98. The van der Waals surface area contributed by atoms with Gasteiger partial charge in [-0.15, -0.1) is 0 Å². The maximum Gasteiger partial charge on any atom is 0.0519 e. The maximum atomic E-state index is 9.03. The highest BCUT2D eigenvalue weighted by Crippen LogP contribution is 2.32. The van der Waals surface area contributed by atoms with Crippen LogP contribution in [0.25, 0.3) is 0 Å². The lowest BCUT2D eigenvalue weighted by molar-refractivity contribution is 0.159. The minimum absolute atomic E-state index is 0.0289. The van der Waals surface area contributed by atoms with Crippen LogP contribution < -0.4 is 5.73 Å². The van der Waals surface area contributed by atoms with Crippen molar-refractivity contribution in [3.63, 3.8) is 0 Å². The highest BCUT2D eigenvalue weighted by molar-refractivity contribution is 5.12. The number of rotatable bonds is 1. The van der Waals surface area contributed by atoms with E-state index < -0.39 is 0 Å². The lowest BCUT2D eigenvalue weighted by atomic mass is 9.76. The van der Waals surface area contributed by atoms with Crippen LogP contribution >= 0.6 is 0 Å². The van der Waals surface area contributed by atoms with Gasteiger partial charge in [0.15, 0.2) is 0 Å². The van der Waals surface area contributed by atoms with Gasteiger partial charge in [0, 0.05) is 11.0 Å². The van der Waals surface area contributed by atoms with E-state index >= 15 is 0 Å². The Hall–Kier alpha value is -0.340. The molecule has 64 valence electrons. The Labute approximate surface area is 68.1 Å². The van der Waals surface area contributed by atoms with Gasteiger partial charge < -0.3 is 10.8 Å². The van der Waals surface area contributed by atoms with Crippen molar-refractivity contribution in [1.29, 1.82) is 0 Å². The molecule has 0 saturated heterocycles. The third-order valence-corrected chi connectivity index (χ3v) is 2.46. The number of nitrogens with two attached hydrogens (primary N) is 1. The first-order chi connectivity index (χ1) is 4.97. The van der Waals surface area contributed by atoms with Crippen molar-refractivity contribution in [1.82, 2.24) is 0 Å². The van der Waals surface area contributed by atoms with Crippen molar-refractivity contribution < 1.29 is 5.11 Å². The minimum atomic E-state index is -0.158. The Morgan fingerprint density at radius 2 is 2.00 bits per heavy atom. The zero-order chi connectivity index (χ0) is 8.54. The molecule has 0 amide bonds. The summed E-state index contributed by atoms with van der Waals surface area (Å²) in [5, 5.41) is 9.03. The molecule has 1 aliphatic carbocycles. The molecule has 3 N–H and O–H groups in total. The first kappa shape index (κ1) is 8.75. The molecule has 2 heteroatoms. The molecular weight excluding hydrogens is 138 g/mol. The molecule has 0 aromatic heterocycles. The number of hydrogen-bond acceptors (Lipinski definition) is 2. The van der Waals surface area contributed by atoms with E-state index in [0.29, 0.717) is 0 Å². The second-order valence-electron chi connectivity index (χ2n) is 4.15. The summed E-state index contributed by atoms with van der Waals surface area (Å²) in [5.74, 6) is 0. The smallest absolute Gasteiger partial charge is 0.0519 e. The van der Waals surface area contributed by atoms with Crippen LogP contribution in [0.15, 0.2) is 12.2 Å². The SMILES string of the molecule is CC1(N)C=CC(C)(CO)CC1. The zero-order valence-corrected chi connectivity index (χ0v) is 7.30. The molecular formula is C9H17NO. The summed E-state index contributed by atoms with van der Waals surface area (Å²) < 4.78 is 0. The van der Waals surface area contributed by atoms with Crippen LogP contribution in [-0.2, 0) is 0 Å². The normalized spacial score (nSPS) is 44.4. The third-order valence-electron chi connectivity index (χ3n) is 2.46. The molecule has 2 atom stereocenters. The van der Waals surface area contributed by atoms with Crippen molar-refractivity contribution in [3.8, 4) is 0 Å². The van der Waals surface area contributed by atoms with Gasteiger partial charge in [-0.1, -0.05) is 19.1 Å². The molecule has 0 aromatic rings. The molecule has 1 aliphatic rings. The van der Waals surface area contributed by atoms with Crippen LogP contribution in [0.5, 0.6) is 0 Å². The van der Waals surface area contributed by atoms with Gasteiger partial charge in [-0.25, -0.2) is 0 Å². The quantitative estimate of drug-likeness (QED) is 0.556. The lowest BCUT2D eigenvalue weighted by Gasteiger charge is -2.34. The number of aliphatic hydroxyl groups excluding tert-OH is 1. The molecule has 2 unspecified atom stereocenters. The fourth-order valence-electron chi connectivity index (χ4n) is 1.24.